The summed E-state index contributed by atoms with van der Waals surface area (Å²) in [6, 6.07) is 17.6. The molecule has 2 heterocycles. The van der Waals surface area contributed by atoms with Gasteiger partial charge in [0, 0.05) is 19.1 Å². The number of rotatable bonds is 8. The third kappa shape index (κ3) is 5.38. The lowest BCUT2D eigenvalue weighted by atomic mass is 9.94. The number of hydrogen-bond acceptors (Lipinski definition) is 5. The number of pyridine rings is 1. The lowest BCUT2D eigenvalue weighted by molar-refractivity contribution is -0.120. The zero-order valence-electron chi connectivity index (χ0n) is 19.4. The van der Waals surface area contributed by atoms with Crippen molar-refractivity contribution in [2.24, 2.45) is 0 Å². The van der Waals surface area contributed by atoms with Crippen molar-refractivity contribution in [3.63, 3.8) is 0 Å². The highest BCUT2D eigenvalue weighted by Gasteiger charge is 2.21. The van der Waals surface area contributed by atoms with Crippen molar-refractivity contribution < 1.29 is 14.6 Å². The van der Waals surface area contributed by atoms with Gasteiger partial charge in [-0.1, -0.05) is 48.0 Å². The molecule has 2 aromatic carbocycles. The molecule has 2 aromatic heterocycles. The van der Waals surface area contributed by atoms with Crippen LogP contribution in [0.5, 0.6) is 11.8 Å². The lowest BCUT2D eigenvalue weighted by Crippen LogP contribution is -2.39. The molecule has 0 atom stereocenters. The monoisotopic (exact) mass is 478 g/mol. The summed E-state index contributed by atoms with van der Waals surface area (Å²) in [7, 11) is 0. The normalized spacial score (nSPS) is 11.6. The molecule has 3 N–H and O–H groups in total. The largest absolute Gasteiger partial charge is 0.426 e. The molecule has 8 heteroatoms. The van der Waals surface area contributed by atoms with Crippen LogP contribution in [0.15, 0.2) is 54.6 Å². The predicted molar refractivity (Wildman–Crippen MR) is 133 cm³/mol. The number of carbonyl (C=O) groups excluding carboxylic acids is 1. The van der Waals surface area contributed by atoms with Gasteiger partial charge in [0.15, 0.2) is 5.65 Å². The van der Waals surface area contributed by atoms with Gasteiger partial charge in [0.05, 0.1) is 21.8 Å². The van der Waals surface area contributed by atoms with E-state index in [1.54, 1.807) is 6.07 Å². The molecule has 0 saturated carbocycles. The van der Waals surface area contributed by atoms with E-state index in [2.05, 4.69) is 20.3 Å². The number of hydrogen-bond donors (Lipinski definition) is 3. The molecule has 7 nitrogen and oxygen atoms in total. The van der Waals surface area contributed by atoms with Gasteiger partial charge < -0.3 is 20.1 Å². The van der Waals surface area contributed by atoms with Crippen LogP contribution in [0.3, 0.4) is 0 Å². The fourth-order valence-corrected chi connectivity index (χ4v) is 4.08. The molecule has 0 radical (unpaired) electrons. The van der Waals surface area contributed by atoms with Gasteiger partial charge in [-0.2, -0.15) is 4.98 Å². The smallest absolute Gasteiger partial charge is 0.301 e. The highest BCUT2D eigenvalue weighted by atomic mass is 35.5. The number of aliphatic hydroxyl groups excluding tert-OH is 1. The number of halogens is 1. The van der Waals surface area contributed by atoms with Crippen LogP contribution in [0.1, 0.15) is 38.3 Å². The standard InChI is InChI=1S/C26H27ClN4O3/c1-16(33)31-26(2,3)19-10-12-20(13-11-19)34-25-28-22-15-21(27)23(29-24(22)30-25)18-8-6-17(7-9-18)5-4-14-32/h6-13,15,32H,4-5,14H2,1-3H3,(H,31,33)(H,28,29,30). The van der Waals surface area contributed by atoms with E-state index in [1.165, 1.54) is 6.92 Å². The highest BCUT2D eigenvalue weighted by Crippen LogP contribution is 2.31. The van der Waals surface area contributed by atoms with E-state index in [0.29, 0.717) is 33.6 Å². The molecule has 0 fully saturated rings. The Morgan fingerprint density at radius 1 is 1.12 bits per heavy atom. The van der Waals surface area contributed by atoms with Crippen molar-refractivity contribution in [1.29, 1.82) is 0 Å². The van der Waals surface area contributed by atoms with E-state index in [1.807, 2.05) is 62.4 Å². The second-order valence-electron chi connectivity index (χ2n) is 8.69. The SMILES string of the molecule is CC(=O)NC(C)(C)c1ccc(Oc2nc3nc(-c4ccc(CCCO)cc4)c(Cl)cc3[nH]2)cc1. The van der Waals surface area contributed by atoms with Crippen molar-refractivity contribution in [2.45, 2.75) is 39.2 Å². The number of H-pyrrole nitrogens is 1. The number of aryl methyl sites for hydroxylation is 1. The van der Waals surface area contributed by atoms with Crippen molar-refractivity contribution in [3.8, 4) is 23.0 Å². The molecule has 0 aliphatic carbocycles. The number of imidazole rings is 1. The Balaban J connectivity index is 1.53. The molecule has 0 saturated heterocycles. The molecule has 0 aliphatic rings. The first-order valence-corrected chi connectivity index (χ1v) is 11.5. The number of amides is 1. The topological polar surface area (TPSA) is 100 Å². The number of benzene rings is 2. The molecule has 4 rings (SSSR count). The summed E-state index contributed by atoms with van der Waals surface area (Å²) in [5, 5.41) is 12.4. The minimum atomic E-state index is -0.488. The summed E-state index contributed by atoms with van der Waals surface area (Å²) < 4.78 is 5.89. The van der Waals surface area contributed by atoms with E-state index < -0.39 is 5.54 Å². The van der Waals surface area contributed by atoms with Gasteiger partial charge in [0.1, 0.15) is 5.75 Å². The van der Waals surface area contributed by atoms with Crippen LogP contribution in [-0.4, -0.2) is 32.6 Å². The van der Waals surface area contributed by atoms with E-state index >= 15 is 0 Å². The Morgan fingerprint density at radius 3 is 2.47 bits per heavy atom. The van der Waals surface area contributed by atoms with Crippen molar-refractivity contribution in [3.05, 3.63) is 70.7 Å². The second kappa shape index (κ2) is 9.83. The summed E-state index contributed by atoms with van der Waals surface area (Å²) in [6.07, 6.45) is 1.55. The number of nitrogens with zero attached hydrogens (tertiary/aromatic N) is 2. The summed E-state index contributed by atoms with van der Waals surface area (Å²) in [5.41, 5.74) is 4.33. The van der Waals surface area contributed by atoms with Crippen molar-refractivity contribution in [2.75, 3.05) is 6.61 Å². The van der Waals surface area contributed by atoms with E-state index in [4.69, 9.17) is 21.4 Å². The Hall–Kier alpha value is -3.42. The van der Waals surface area contributed by atoms with Crippen molar-refractivity contribution in [1.82, 2.24) is 20.3 Å². The summed E-state index contributed by atoms with van der Waals surface area (Å²) in [4.78, 5) is 23.7. The first kappa shape index (κ1) is 23.7. The maximum Gasteiger partial charge on any atom is 0.301 e. The average molecular weight is 479 g/mol. The Bertz CT molecular complexity index is 1300. The Morgan fingerprint density at radius 2 is 1.82 bits per heavy atom. The number of aliphatic hydroxyl groups is 1. The summed E-state index contributed by atoms with van der Waals surface area (Å²) >= 11 is 6.51. The van der Waals surface area contributed by atoms with E-state index in [9.17, 15) is 4.79 Å². The number of nitrogens with one attached hydrogen (secondary N) is 2. The second-order valence-corrected chi connectivity index (χ2v) is 9.10. The van der Waals surface area contributed by atoms with Crippen LogP contribution in [0.4, 0.5) is 0 Å². The number of ether oxygens (including phenoxy) is 1. The zero-order valence-corrected chi connectivity index (χ0v) is 20.1. The molecular formula is C26H27ClN4O3. The molecule has 176 valence electrons. The molecule has 0 bridgehead atoms. The first-order valence-electron chi connectivity index (χ1n) is 11.1. The van der Waals surface area contributed by atoms with E-state index in [0.717, 1.165) is 29.5 Å². The fraction of sp³-hybridized carbons (Fsp3) is 0.269. The molecule has 0 unspecified atom stereocenters. The zero-order chi connectivity index (χ0) is 24.3. The molecular weight excluding hydrogens is 452 g/mol. The van der Waals surface area contributed by atoms with Gasteiger partial charge in [-0.25, -0.2) is 4.98 Å². The molecule has 4 aromatic rings. The van der Waals surface area contributed by atoms with Crippen LogP contribution >= 0.6 is 11.6 Å². The molecule has 0 aliphatic heterocycles. The Kier molecular flexibility index (Phi) is 6.86. The van der Waals surface area contributed by atoms with Crippen LogP contribution in [0.25, 0.3) is 22.4 Å². The molecule has 0 spiro atoms. The van der Waals surface area contributed by atoms with Gasteiger partial charge in [0.2, 0.25) is 5.91 Å². The van der Waals surface area contributed by atoms with Gasteiger partial charge >= 0.3 is 6.01 Å². The van der Waals surface area contributed by atoms with Crippen LogP contribution in [-0.2, 0) is 16.8 Å². The van der Waals surface area contributed by atoms with Gasteiger partial charge in [0.25, 0.3) is 0 Å². The van der Waals surface area contributed by atoms with Crippen LogP contribution in [0, 0.1) is 0 Å². The molecule has 1 amide bonds. The number of carbonyl (C=O) groups is 1. The minimum absolute atomic E-state index is 0.0872. The maximum atomic E-state index is 11.4. The maximum absolute atomic E-state index is 11.4. The quantitative estimate of drug-likeness (QED) is 0.316. The van der Waals surface area contributed by atoms with Gasteiger partial charge in [-0.15, -0.1) is 0 Å². The lowest BCUT2D eigenvalue weighted by Gasteiger charge is -2.26. The van der Waals surface area contributed by atoms with Gasteiger partial charge in [-0.05, 0) is 56.0 Å². The first-order chi connectivity index (χ1) is 16.2. The number of aromatic amines is 1. The number of aromatic nitrogens is 3. The summed E-state index contributed by atoms with van der Waals surface area (Å²) in [6.45, 7) is 5.56. The third-order valence-electron chi connectivity index (χ3n) is 5.53. The fourth-order valence-electron chi connectivity index (χ4n) is 3.82. The number of fused-ring (bicyclic) bond motifs is 1. The van der Waals surface area contributed by atoms with Crippen LogP contribution < -0.4 is 10.1 Å². The minimum Gasteiger partial charge on any atom is -0.426 e. The summed E-state index contributed by atoms with van der Waals surface area (Å²) in [5.74, 6) is 0.516. The van der Waals surface area contributed by atoms with Crippen LogP contribution in [0.2, 0.25) is 5.02 Å². The predicted octanol–water partition coefficient (Wildman–Crippen LogP) is 5.37. The van der Waals surface area contributed by atoms with Gasteiger partial charge in [-0.3, -0.25) is 4.79 Å². The van der Waals surface area contributed by atoms with Crippen molar-refractivity contribution >= 4 is 28.7 Å². The average Bonchev–Trinajstić information content (AvgIpc) is 3.18. The Labute approximate surface area is 203 Å². The third-order valence-corrected chi connectivity index (χ3v) is 5.82. The van der Waals surface area contributed by atoms with E-state index in [-0.39, 0.29) is 12.5 Å². The highest BCUT2D eigenvalue weighted by molar-refractivity contribution is 6.33. The molecule has 34 heavy (non-hydrogen) atoms.